The molecule has 1 saturated heterocycles. The van der Waals surface area contributed by atoms with Gasteiger partial charge in [0.15, 0.2) is 0 Å². The highest BCUT2D eigenvalue weighted by Crippen LogP contribution is 2.33. The minimum atomic E-state index is 0. The zero-order chi connectivity index (χ0) is 13.4. The summed E-state index contributed by atoms with van der Waals surface area (Å²) in [4.78, 5) is 16.0. The van der Waals surface area contributed by atoms with Crippen LogP contribution in [0.15, 0.2) is 5.38 Å². The zero-order valence-electron chi connectivity index (χ0n) is 11.9. The van der Waals surface area contributed by atoms with Gasteiger partial charge in [-0.05, 0) is 43.6 Å². The fourth-order valence-electron chi connectivity index (χ4n) is 3.22. The number of halogens is 1. The molecule has 1 aromatic rings. The highest BCUT2D eigenvalue weighted by atomic mass is 35.5. The largest absolute Gasteiger partial charge is 0.337 e. The molecule has 3 rings (SSSR count). The summed E-state index contributed by atoms with van der Waals surface area (Å²) in [6.45, 7) is 3.89. The first kappa shape index (κ1) is 15.8. The maximum atomic E-state index is 12.6. The summed E-state index contributed by atoms with van der Waals surface area (Å²) in [5.41, 5.74) is 8.27. The van der Waals surface area contributed by atoms with Gasteiger partial charge >= 0.3 is 0 Å². The molecule has 112 valence electrons. The molecule has 2 heterocycles. The minimum absolute atomic E-state index is 0. The predicted molar refractivity (Wildman–Crippen MR) is 85.9 cm³/mol. The SMILES string of the molecule is CC1CCc2c(C(=O)N3CCCC(N)C3)csc2C1.Cl. The van der Waals surface area contributed by atoms with Crippen LogP contribution in [0.3, 0.4) is 0 Å². The molecule has 2 unspecified atom stereocenters. The number of piperidine rings is 1. The van der Waals surface area contributed by atoms with E-state index in [4.69, 9.17) is 5.73 Å². The van der Waals surface area contributed by atoms with Gasteiger partial charge in [0.1, 0.15) is 0 Å². The second-order valence-electron chi connectivity index (χ2n) is 6.05. The molecule has 1 aromatic heterocycles. The van der Waals surface area contributed by atoms with Crippen molar-refractivity contribution in [2.24, 2.45) is 11.7 Å². The summed E-state index contributed by atoms with van der Waals surface area (Å²) in [6, 6.07) is 0.159. The fourth-order valence-corrected chi connectivity index (χ4v) is 4.46. The second kappa shape index (κ2) is 6.46. The van der Waals surface area contributed by atoms with Crippen LogP contribution in [-0.2, 0) is 12.8 Å². The Bertz CT molecular complexity index is 488. The van der Waals surface area contributed by atoms with Crippen LogP contribution >= 0.6 is 23.7 Å². The first-order valence-corrected chi connectivity index (χ1v) is 8.17. The molecule has 0 spiro atoms. The Kier molecular flexibility index (Phi) is 5.10. The molecule has 1 fully saturated rings. The first-order valence-electron chi connectivity index (χ1n) is 7.29. The molecule has 1 aliphatic heterocycles. The lowest BCUT2D eigenvalue weighted by atomic mass is 9.88. The molecule has 0 saturated carbocycles. The van der Waals surface area contributed by atoms with Crippen LogP contribution in [0, 0.1) is 5.92 Å². The average Bonchev–Trinajstić information content (AvgIpc) is 2.80. The van der Waals surface area contributed by atoms with Crippen LogP contribution in [0.4, 0.5) is 0 Å². The Balaban J connectivity index is 0.00000147. The molecule has 5 heteroatoms. The van der Waals surface area contributed by atoms with Gasteiger partial charge < -0.3 is 10.6 Å². The summed E-state index contributed by atoms with van der Waals surface area (Å²) in [5.74, 6) is 0.972. The molecular formula is C15H23ClN2OS. The number of carbonyl (C=O) groups excluding carboxylic acids is 1. The average molecular weight is 315 g/mol. The molecule has 3 nitrogen and oxygen atoms in total. The first-order chi connectivity index (χ1) is 9.15. The van der Waals surface area contributed by atoms with Crippen molar-refractivity contribution >= 4 is 29.7 Å². The number of carbonyl (C=O) groups is 1. The van der Waals surface area contributed by atoms with Crippen molar-refractivity contribution in [2.45, 2.75) is 45.1 Å². The number of nitrogens with two attached hydrogens (primary N) is 1. The number of amides is 1. The molecule has 1 aliphatic carbocycles. The molecule has 2 aliphatic rings. The molecule has 0 aromatic carbocycles. The topological polar surface area (TPSA) is 46.3 Å². The van der Waals surface area contributed by atoms with Crippen molar-refractivity contribution in [3.63, 3.8) is 0 Å². The van der Waals surface area contributed by atoms with Gasteiger partial charge in [-0.15, -0.1) is 23.7 Å². The van der Waals surface area contributed by atoms with Crippen LogP contribution in [0.5, 0.6) is 0 Å². The van der Waals surface area contributed by atoms with Gasteiger partial charge in [-0.25, -0.2) is 0 Å². The quantitative estimate of drug-likeness (QED) is 0.866. The fraction of sp³-hybridized carbons (Fsp3) is 0.667. The highest BCUT2D eigenvalue weighted by Gasteiger charge is 2.28. The van der Waals surface area contributed by atoms with Crippen LogP contribution < -0.4 is 5.73 Å². The molecule has 0 radical (unpaired) electrons. The Morgan fingerprint density at radius 3 is 3.00 bits per heavy atom. The molecule has 2 atom stereocenters. The third kappa shape index (κ3) is 3.02. The number of thiophene rings is 1. The zero-order valence-corrected chi connectivity index (χ0v) is 13.6. The summed E-state index contributed by atoms with van der Waals surface area (Å²) in [6.07, 6.45) is 5.51. The van der Waals surface area contributed by atoms with Gasteiger partial charge in [-0.3, -0.25) is 4.79 Å². The van der Waals surface area contributed by atoms with Crippen LogP contribution in [0.25, 0.3) is 0 Å². The summed E-state index contributed by atoms with van der Waals surface area (Å²) in [5, 5.41) is 2.07. The maximum absolute atomic E-state index is 12.6. The smallest absolute Gasteiger partial charge is 0.255 e. The Hall–Kier alpha value is -0.580. The van der Waals surface area contributed by atoms with Gasteiger partial charge in [-0.2, -0.15) is 0 Å². The van der Waals surface area contributed by atoms with E-state index in [1.807, 2.05) is 4.90 Å². The number of hydrogen-bond donors (Lipinski definition) is 1. The third-order valence-corrected chi connectivity index (χ3v) is 5.43. The number of rotatable bonds is 1. The molecule has 2 N–H and O–H groups in total. The van der Waals surface area contributed by atoms with Gasteiger partial charge in [0.2, 0.25) is 0 Å². The summed E-state index contributed by atoms with van der Waals surface area (Å²) < 4.78 is 0. The molecule has 20 heavy (non-hydrogen) atoms. The van der Waals surface area contributed by atoms with E-state index in [0.29, 0.717) is 0 Å². The Morgan fingerprint density at radius 1 is 1.45 bits per heavy atom. The van der Waals surface area contributed by atoms with Gasteiger partial charge in [0.05, 0.1) is 5.56 Å². The van der Waals surface area contributed by atoms with E-state index >= 15 is 0 Å². The number of fused-ring (bicyclic) bond motifs is 1. The van der Waals surface area contributed by atoms with Crippen molar-refractivity contribution in [1.29, 1.82) is 0 Å². The number of likely N-dealkylation sites (tertiary alicyclic amines) is 1. The Labute approximate surface area is 130 Å². The summed E-state index contributed by atoms with van der Waals surface area (Å²) >= 11 is 1.77. The van der Waals surface area contributed by atoms with E-state index in [1.165, 1.54) is 16.9 Å². The molecule has 1 amide bonds. The van der Waals surface area contributed by atoms with Crippen molar-refractivity contribution in [2.75, 3.05) is 13.1 Å². The standard InChI is InChI=1S/C15H22N2OS.ClH/c1-10-4-5-12-13(9-19-14(12)7-10)15(18)17-6-2-3-11(16)8-17;/h9-11H,2-8,16H2,1H3;1H. The monoisotopic (exact) mass is 314 g/mol. The lowest BCUT2D eigenvalue weighted by Gasteiger charge is -2.31. The van der Waals surface area contributed by atoms with E-state index in [9.17, 15) is 4.79 Å². The van der Waals surface area contributed by atoms with Crippen molar-refractivity contribution in [1.82, 2.24) is 4.90 Å². The molecular weight excluding hydrogens is 292 g/mol. The van der Waals surface area contributed by atoms with E-state index < -0.39 is 0 Å². The van der Waals surface area contributed by atoms with Gasteiger partial charge in [0.25, 0.3) is 5.91 Å². The van der Waals surface area contributed by atoms with Crippen molar-refractivity contribution in [3.8, 4) is 0 Å². The number of hydrogen-bond acceptors (Lipinski definition) is 3. The lowest BCUT2D eigenvalue weighted by Crippen LogP contribution is -2.45. The normalized spacial score (nSPS) is 25.8. The molecule has 0 bridgehead atoms. The van der Waals surface area contributed by atoms with Crippen LogP contribution in [-0.4, -0.2) is 29.9 Å². The predicted octanol–water partition coefficient (Wildman–Crippen LogP) is 2.86. The van der Waals surface area contributed by atoms with Gasteiger partial charge in [0, 0.05) is 29.4 Å². The van der Waals surface area contributed by atoms with Crippen LogP contribution in [0.1, 0.15) is 47.0 Å². The maximum Gasteiger partial charge on any atom is 0.255 e. The van der Waals surface area contributed by atoms with E-state index in [2.05, 4.69) is 12.3 Å². The van der Waals surface area contributed by atoms with Gasteiger partial charge in [-0.1, -0.05) is 6.92 Å². The Morgan fingerprint density at radius 2 is 2.25 bits per heavy atom. The van der Waals surface area contributed by atoms with E-state index in [1.54, 1.807) is 11.3 Å². The van der Waals surface area contributed by atoms with E-state index in [-0.39, 0.29) is 24.4 Å². The summed E-state index contributed by atoms with van der Waals surface area (Å²) in [7, 11) is 0. The van der Waals surface area contributed by atoms with Crippen LogP contribution in [0.2, 0.25) is 0 Å². The number of nitrogens with zero attached hydrogens (tertiary/aromatic N) is 1. The van der Waals surface area contributed by atoms with Crippen molar-refractivity contribution in [3.05, 3.63) is 21.4 Å². The highest BCUT2D eigenvalue weighted by molar-refractivity contribution is 7.10. The third-order valence-electron chi connectivity index (χ3n) is 4.38. The lowest BCUT2D eigenvalue weighted by molar-refractivity contribution is 0.0708. The van der Waals surface area contributed by atoms with Crippen molar-refractivity contribution < 1.29 is 4.79 Å². The minimum Gasteiger partial charge on any atom is -0.337 e. The second-order valence-corrected chi connectivity index (χ2v) is 7.02. The van der Waals surface area contributed by atoms with E-state index in [0.717, 1.165) is 50.3 Å².